The molecular formula is C13H17ClN4O2S. The third-order valence-corrected chi connectivity index (χ3v) is 4.02. The number of amidine groups is 1. The number of halogens is 1. The monoisotopic (exact) mass is 328 g/mol. The number of thioether (sulfide) groups is 1. The highest BCUT2D eigenvalue weighted by Crippen LogP contribution is 2.13. The summed E-state index contributed by atoms with van der Waals surface area (Å²) in [6.07, 6.45) is -0.686. The molecular weight excluding hydrogens is 312 g/mol. The quantitative estimate of drug-likeness (QED) is 0.383. The van der Waals surface area contributed by atoms with E-state index in [-0.39, 0.29) is 5.84 Å². The van der Waals surface area contributed by atoms with Crippen LogP contribution in [0.4, 0.5) is 10.5 Å². The van der Waals surface area contributed by atoms with Gasteiger partial charge in [0.1, 0.15) is 0 Å². The van der Waals surface area contributed by atoms with E-state index in [0.717, 1.165) is 24.6 Å². The minimum absolute atomic E-state index is 0.285. The molecule has 21 heavy (non-hydrogen) atoms. The molecule has 0 bridgehead atoms. The Morgan fingerprint density at radius 2 is 2.05 bits per heavy atom. The van der Waals surface area contributed by atoms with E-state index in [4.69, 9.17) is 22.2 Å². The minimum Gasteiger partial charge on any atom is -0.383 e. The van der Waals surface area contributed by atoms with Gasteiger partial charge in [0.15, 0.2) is 5.84 Å². The largest absolute Gasteiger partial charge is 0.437 e. The maximum absolute atomic E-state index is 11.5. The van der Waals surface area contributed by atoms with Gasteiger partial charge in [0, 0.05) is 35.3 Å². The summed E-state index contributed by atoms with van der Waals surface area (Å²) in [5.41, 5.74) is 6.32. The molecule has 1 aliphatic rings. The Hall–Kier alpha value is -1.44. The molecule has 114 valence electrons. The molecule has 0 aromatic heterocycles. The molecule has 1 heterocycles. The van der Waals surface area contributed by atoms with E-state index < -0.39 is 6.09 Å². The van der Waals surface area contributed by atoms with Crippen LogP contribution in [0, 0.1) is 0 Å². The van der Waals surface area contributed by atoms with E-state index in [1.54, 1.807) is 24.3 Å². The average Bonchev–Trinajstić information content (AvgIpc) is 2.49. The lowest BCUT2D eigenvalue weighted by Gasteiger charge is -2.25. The van der Waals surface area contributed by atoms with Crippen LogP contribution >= 0.6 is 23.4 Å². The van der Waals surface area contributed by atoms with Crippen molar-refractivity contribution in [2.45, 2.75) is 0 Å². The summed E-state index contributed by atoms with van der Waals surface area (Å²) < 4.78 is 0. The predicted octanol–water partition coefficient (Wildman–Crippen LogP) is 2.21. The molecule has 3 N–H and O–H groups in total. The van der Waals surface area contributed by atoms with Crippen LogP contribution in [-0.2, 0) is 4.84 Å². The fourth-order valence-corrected chi connectivity index (χ4v) is 2.90. The van der Waals surface area contributed by atoms with Crippen molar-refractivity contribution in [1.29, 1.82) is 0 Å². The third-order valence-electron chi connectivity index (χ3n) is 2.83. The molecule has 0 spiro atoms. The number of carbonyl (C=O) groups is 1. The average molecular weight is 329 g/mol. The van der Waals surface area contributed by atoms with Gasteiger partial charge >= 0.3 is 6.09 Å². The lowest BCUT2D eigenvalue weighted by Crippen LogP contribution is -2.39. The van der Waals surface area contributed by atoms with Gasteiger partial charge in [-0.05, 0) is 24.3 Å². The van der Waals surface area contributed by atoms with Crippen molar-refractivity contribution >= 4 is 41.0 Å². The number of oxime groups is 1. The number of benzene rings is 1. The molecule has 1 amide bonds. The first-order valence-electron chi connectivity index (χ1n) is 6.49. The van der Waals surface area contributed by atoms with Crippen molar-refractivity contribution in [3.05, 3.63) is 29.3 Å². The molecule has 0 aliphatic carbocycles. The Balaban J connectivity index is 1.76. The van der Waals surface area contributed by atoms with Crippen LogP contribution in [0.25, 0.3) is 0 Å². The standard InChI is InChI=1S/C13H17ClN4O2S/c14-10-1-3-11(4-2-10)16-13(19)20-17-12(15)9-18-5-7-21-8-6-18/h1-4H,5-9H2,(H2,15,17)(H,16,19). The molecule has 6 nitrogen and oxygen atoms in total. The maximum atomic E-state index is 11.5. The van der Waals surface area contributed by atoms with Crippen molar-refractivity contribution in [2.75, 3.05) is 36.5 Å². The zero-order valence-corrected chi connectivity index (χ0v) is 13.0. The molecule has 1 aromatic carbocycles. The Morgan fingerprint density at radius 3 is 2.71 bits per heavy atom. The fourth-order valence-electron chi connectivity index (χ4n) is 1.79. The van der Waals surface area contributed by atoms with E-state index in [2.05, 4.69) is 15.4 Å². The highest BCUT2D eigenvalue weighted by atomic mass is 35.5. The van der Waals surface area contributed by atoms with Crippen LogP contribution < -0.4 is 11.1 Å². The number of amides is 1. The molecule has 1 aromatic rings. The second kappa shape index (κ2) is 8.11. The lowest BCUT2D eigenvalue weighted by atomic mass is 10.3. The summed E-state index contributed by atoms with van der Waals surface area (Å²) in [6, 6.07) is 6.68. The van der Waals surface area contributed by atoms with Gasteiger partial charge in [-0.3, -0.25) is 15.1 Å². The summed E-state index contributed by atoms with van der Waals surface area (Å²) in [5.74, 6) is 2.46. The van der Waals surface area contributed by atoms with Gasteiger partial charge < -0.3 is 5.73 Å². The van der Waals surface area contributed by atoms with Gasteiger partial charge in [-0.25, -0.2) is 4.79 Å². The van der Waals surface area contributed by atoms with Crippen LogP contribution in [0.3, 0.4) is 0 Å². The summed E-state index contributed by atoms with van der Waals surface area (Å²) in [7, 11) is 0. The first kappa shape index (κ1) is 15.9. The molecule has 2 rings (SSSR count). The maximum Gasteiger partial charge on any atom is 0.437 e. The van der Waals surface area contributed by atoms with E-state index in [0.29, 0.717) is 17.3 Å². The normalized spacial score (nSPS) is 16.5. The fraction of sp³-hybridized carbons (Fsp3) is 0.385. The molecule has 0 saturated carbocycles. The highest BCUT2D eigenvalue weighted by Gasteiger charge is 2.12. The molecule has 1 saturated heterocycles. The van der Waals surface area contributed by atoms with Crippen molar-refractivity contribution in [1.82, 2.24) is 4.90 Å². The topological polar surface area (TPSA) is 79.9 Å². The number of hydrogen-bond acceptors (Lipinski definition) is 5. The van der Waals surface area contributed by atoms with Gasteiger partial charge in [-0.15, -0.1) is 0 Å². The molecule has 1 fully saturated rings. The van der Waals surface area contributed by atoms with Crippen molar-refractivity contribution < 1.29 is 9.63 Å². The smallest absolute Gasteiger partial charge is 0.383 e. The molecule has 0 radical (unpaired) electrons. The lowest BCUT2D eigenvalue weighted by molar-refractivity contribution is 0.165. The zero-order valence-electron chi connectivity index (χ0n) is 11.4. The van der Waals surface area contributed by atoms with Crippen molar-refractivity contribution in [3.8, 4) is 0 Å². The Kier molecular flexibility index (Phi) is 6.16. The van der Waals surface area contributed by atoms with E-state index >= 15 is 0 Å². The highest BCUT2D eigenvalue weighted by molar-refractivity contribution is 7.99. The first-order chi connectivity index (χ1) is 10.1. The number of nitrogens with zero attached hydrogens (tertiary/aromatic N) is 2. The van der Waals surface area contributed by atoms with E-state index in [9.17, 15) is 4.79 Å². The number of hydrogen-bond donors (Lipinski definition) is 2. The van der Waals surface area contributed by atoms with Crippen LogP contribution in [-0.4, -0.2) is 48.0 Å². The third kappa shape index (κ3) is 5.82. The Bertz CT molecular complexity index is 503. The van der Waals surface area contributed by atoms with Crippen LogP contribution in [0.15, 0.2) is 29.4 Å². The second-order valence-electron chi connectivity index (χ2n) is 4.48. The van der Waals surface area contributed by atoms with Crippen LogP contribution in [0.1, 0.15) is 0 Å². The van der Waals surface area contributed by atoms with Gasteiger partial charge in [-0.2, -0.15) is 11.8 Å². The molecule has 0 unspecified atom stereocenters. The van der Waals surface area contributed by atoms with Gasteiger partial charge in [0.05, 0.1) is 6.54 Å². The number of anilines is 1. The Labute approximate surface area is 132 Å². The number of rotatable bonds is 4. The summed E-state index contributed by atoms with van der Waals surface area (Å²) in [5, 5.41) is 6.76. The number of nitrogens with one attached hydrogen (secondary N) is 1. The first-order valence-corrected chi connectivity index (χ1v) is 8.03. The number of nitrogens with two attached hydrogens (primary N) is 1. The molecule has 1 aliphatic heterocycles. The summed E-state index contributed by atoms with van der Waals surface area (Å²) in [6.45, 7) is 2.45. The van der Waals surface area contributed by atoms with Crippen molar-refractivity contribution in [2.24, 2.45) is 10.9 Å². The number of carbonyl (C=O) groups excluding carboxylic acids is 1. The second-order valence-corrected chi connectivity index (χ2v) is 6.14. The SMILES string of the molecule is NC(CN1CCSCC1)=NOC(=O)Nc1ccc(Cl)cc1. The van der Waals surface area contributed by atoms with E-state index in [1.807, 2.05) is 11.8 Å². The van der Waals surface area contributed by atoms with Crippen molar-refractivity contribution in [3.63, 3.8) is 0 Å². The predicted molar refractivity (Wildman–Crippen MR) is 86.9 cm³/mol. The van der Waals surface area contributed by atoms with Gasteiger partial charge in [-0.1, -0.05) is 16.8 Å². The van der Waals surface area contributed by atoms with Crippen LogP contribution in [0.2, 0.25) is 5.02 Å². The zero-order chi connectivity index (χ0) is 15.1. The van der Waals surface area contributed by atoms with Crippen LogP contribution in [0.5, 0.6) is 0 Å². The molecule has 8 heteroatoms. The summed E-state index contributed by atoms with van der Waals surface area (Å²) in [4.78, 5) is 18.5. The van der Waals surface area contributed by atoms with E-state index in [1.165, 1.54) is 0 Å². The molecule has 0 atom stereocenters. The van der Waals surface area contributed by atoms with Gasteiger partial charge in [0.2, 0.25) is 0 Å². The summed E-state index contributed by atoms with van der Waals surface area (Å²) >= 11 is 7.67. The minimum atomic E-state index is -0.686. The van der Waals surface area contributed by atoms with Gasteiger partial charge in [0.25, 0.3) is 0 Å². The Morgan fingerprint density at radius 1 is 1.38 bits per heavy atom.